The Kier molecular flexibility index (Phi) is 3.61. The van der Waals surface area contributed by atoms with Crippen LogP contribution in [0.2, 0.25) is 0 Å². The van der Waals surface area contributed by atoms with Crippen molar-refractivity contribution in [1.29, 1.82) is 0 Å². The molecule has 0 atom stereocenters. The van der Waals surface area contributed by atoms with E-state index in [0.29, 0.717) is 4.47 Å². The molecule has 1 rings (SSSR count). The van der Waals surface area contributed by atoms with Gasteiger partial charge >= 0.3 is 11.5 Å². The minimum absolute atomic E-state index is 0.312. The Balaban J connectivity index is 3.12. The zero-order chi connectivity index (χ0) is 11.6. The number of alkyl halides is 3. The van der Waals surface area contributed by atoms with Gasteiger partial charge in [-0.05, 0) is 22.0 Å². The Morgan fingerprint density at radius 1 is 1.53 bits per heavy atom. The molecule has 0 saturated carbocycles. The summed E-state index contributed by atoms with van der Waals surface area (Å²) in [5.41, 5.74) is -5.03. The van der Waals surface area contributed by atoms with Crippen LogP contribution in [0.1, 0.15) is 10.4 Å². The van der Waals surface area contributed by atoms with E-state index in [1.165, 1.54) is 0 Å². The summed E-state index contributed by atoms with van der Waals surface area (Å²) in [6.45, 7) is 0. The Bertz CT molecular complexity index is 396. The smallest absolute Gasteiger partial charge is 0.447 e. The summed E-state index contributed by atoms with van der Waals surface area (Å²) >= 11 is 2.38. The van der Waals surface area contributed by atoms with Gasteiger partial charge in [0, 0.05) is 22.4 Å². The van der Waals surface area contributed by atoms with Crippen LogP contribution in [0.5, 0.6) is 0 Å². The van der Waals surface area contributed by atoms with Gasteiger partial charge in [0.05, 0.1) is 5.56 Å². The molecule has 0 fully saturated rings. The van der Waals surface area contributed by atoms with Gasteiger partial charge in [0.25, 0.3) is 0 Å². The number of carbonyl (C=O) groups is 1. The molecule has 0 aromatic carbocycles. The predicted octanol–water partition coefficient (Wildman–Crippen LogP) is 3.15. The molecule has 1 heterocycles. The molecule has 0 amide bonds. The van der Waals surface area contributed by atoms with Gasteiger partial charge in [0.2, 0.25) is 0 Å². The number of hydrogen-bond donors (Lipinski definition) is 1. The second-order valence-corrected chi connectivity index (χ2v) is 4.33. The van der Waals surface area contributed by atoms with Crippen molar-refractivity contribution >= 4 is 33.7 Å². The van der Waals surface area contributed by atoms with Gasteiger partial charge in [0.15, 0.2) is 0 Å². The number of thioether (sulfide) groups is 1. The van der Waals surface area contributed by atoms with Crippen molar-refractivity contribution < 1.29 is 23.1 Å². The molecule has 8 heteroatoms. The summed E-state index contributed by atoms with van der Waals surface area (Å²) in [6.07, 6.45) is 1.11. The highest BCUT2D eigenvalue weighted by molar-refractivity contribution is 9.10. The standard InChI is InChI=1S/C7H3BrF3NO2S/c8-3-1-4(6(13)14)5(12-2-3)15-7(9,10)11/h1-2H,(H,13,14). The van der Waals surface area contributed by atoms with Crippen LogP contribution in [-0.4, -0.2) is 21.6 Å². The van der Waals surface area contributed by atoms with E-state index in [1.807, 2.05) is 0 Å². The molecular formula is C7H3BrF3NO2S. The largest absolute Gasteiger partial charge is 0.478 e. The Labute approximate surface area is 94.8 Å². The zero-order valence-corrected chi connectivity index (χ0v) is 9.28. The lowest BCUT2D eigenvalue weighted by atomic mass is 10.3. The first-order valence-electron chi connectivity index (χ1n) is 3.44. The first kappa shape index (κ1) is 12.3. The molecule has 1 aromatic rings. The van der Waals surface area contributed by atoms with Gasteiger partial charge in [-0.25, -0.2) is 9.78 Å². The van der Waals surface area contributed by atoms with E-state index in [1.54, 1.807) is 0 Å². The second-order valence-electron chi connectivity index (χ2n) is 2.36. The number of halogens is 4. The monoisotopic (exact) mass is 301 g/mol. The van der Waals surface area contributed by atoms with Crippen molar-refractivity contribution in [3.05, 3.63) is 22.3 Å². The number of carboxylic acid groups (broad SMARTS) is 1. The highest BCUT2D eigenvalue weighted by atomic mass is 79.9. The minimum atomic E-state index is -4.55. The Morgan fingerprint density at radius 3 is 2.60 bits per heavy atom. The first-order chi connectivity index (χ1) is 6.79. The summed E-state index contributed by atoms with van der Waals surface area (Å²) in [6, 6.07) is 1.07. The Morgan fingerprint density at radius 2 is 2.13 bits per heavy atom. The van der Waals surface area contributed by atoms with Gasteiger partial charge in [-0.2, -0.15) is 13.2 Å². The number of aromatic nitrogens is 1. The number of hydrogen-bond acceptors (Lipinski definition) is 3. The molecule has 0 radical (unpaired) electrons. The molecule has 0 aliphatic rings. The molecule has 0 saturated heterocycles. The van der Waals surface area contributed by atoms with E-state index in [-0.39, 0.29) is 0 Å². The van der Waals surface area contributed by atoms with Crippen LogP contribution in [-0.2, 0) is 0 Å². The highest BCUT2D eigenvalue weighted by Crippen LogP contribution is 2.37. The lowest BCUT2D eigenvalue weighted by molar-refractivity contribution is -0.0329. The maximum absolute atomic E-state index is 12.0. The van der Waals surface area contributed by atoms with E-state index in [9.17, 15) is 18.0 Å². The van der Waals surface area contributed by atoms with Gasteiger partial charge in [-0.3, -0.25) is 0 Å². The molecule has 0 unspecified atom stereocenters. The van der Waals surface area contributed by atoms with E-state index >= 15 is 0 Å². The van der Waals surface area contributed by atoms with Crippen LogP contribution in [0.3, 0.4) is 0 Å². The third kappa shape index (κ3) is 3.71. The molecule has 0 spiro atoms. The van der Waals surface area contributed by atoms with E-state index < -0.39 is 33.8 Å². The molecule has 0 bridgehead atoms. The molecule has 1 N–H and O–H groups in total. The molecule has 82 valence electrons. The topological polar surface area (TPSA) is 50.2 Å². The third-order valence-electron chi connectivity index (χ3n) is 1.26. The van der Waals surface area contributed by atoms with Crippen LogP contribution in [0.15, 0.2) is 21.8 Å². The lowest BCUT2D eigenvalue weighted by Gasteiger charge is -2.07. The fraction of sp³-hybridized carbons (Fsp3) is 0.143. The zero-order valence-electron chi connectivity index (χ0n) is 6.88. The van der Waals surface area contributed by atoms with Crippen LogP contribution in [0, 0.1) is 0 Å². The number of rotatable bonds is 2. The summed E-state index contributed by atoms with van der Waals surface area (Å²) in [4.78, 5) is 14.0. The van der Waals surface area contributed by atoms with Crippen LogP contribution in [0.4, 0.5) is 13.2 Å². The van der Waals surface area contributed by atoms with Crippen LogP contribution in [0.25, 0.3) is 0 Å². The molecule has 1 aromatic heterocycles. The van der Waals surface area contributed by atoms with Crippen LogP contribution < -0.4 is 0 Å². The second kappa shape index (κ2) is 4.40. The maximum Gasteiger partial charge on any atom is 0.447 e. The van der Waals surface area contributed by atoms with Crippen molar-refractivity contribution in [3.63, 3.8) is 0 Å². The van der Waals surface area contributed by atoms with Gasteiger partial charge < -0.3 is 5.11 Å². The number of nitrogens with zero attached hydrogens (tertiary/aromatic N) is 1. The molecule has 0 aliphatic carbocycles. The number of carboxylic acids is 1. The summed E-state index contributed by atoms with van der Waals surface area (Å²) < 4.78 is 36.3. The van der Waals surface area contributed by atoms with Crippen molar-refractivity contribution in [1.82, 2.24) is 4.98 Å². The Hall–Kier alpha value is -0.760. The van der Waals surface area contributed by atoms with E-state index in [2.05, 4.69) is 20.9 Å². The van der Waals surface area contributed by atoms with Crippen molar-refractivity contribution in [3.8, 4) is 0 Å². The summed E-state index contributed by atoms with van der Waals surface area (Å²) in [5.74, 6) is -1.45. The fourth-order valence-electron chi connectivity index (χ4n) is 0.771. The molecule has 3 nitrogen and oxygen atoms in total. The average molecular weight is 302 g/mol. The lowest BCUT2D eigenvalue weighted by Crippen LogP contribution is -2.06. The molecular weight excluding hydrogens is 299 g/mol. The van der Waals surface area contributed by atoms with Gasteiger partial charge in [-0.15, -0.1) is 0 Å². The summed E-state index contributed by atoms with van der Waals surface area (Å²) in [5, 5.41) is 8.07. The number of pyridine rings is 1. The van der Waals surface area contributed by atoms with Crippen molar-refractivity contribution in [2.75, 3.05) is 0 Å². The highest BCUT2D eigenvalue weighted by Gasteiger charge is 2.32. The van der Waals surface area contributed by atoms with Crippen LogP contribution >= 0.6 is 27.7 Å². The molecule has 0 aliphatic heterocycles. The number of aromatic carboxylic acids is 1. The quantitative estimate of drug-likeness (QED) is 0.853. The average Bonchev–Trinajstić information content (AvgIpc) is 2.05. The van der Waals surface area contributed by atoms with Crippen molar-refractivity contribution in [2.24, 2.45) is 0 Å². The SMILES string of the molecule is O=C(O)c1cc(Br)cnc1SC(F)(F)F. The summed E-state index contributed by atoms with van der Waals surface area (Å²) in [7, 11) is 0. The van der Waals surface area contributed by atoms with Gasteiger partial charge in [0.1, 0.15) is 5.03 Å². The van der Waals surface area contributed by atoms with E-state index in [4.69, 9.17) is 5.11 Å². The predicted molar refractivity (Wildman–Crippen MR) is 50.8 cm³/mol. The van der Waals surface area contributed by atoms with Gasteiger partial charge in [-0.1, -0.05) is 0 Å². The molecule has 15 heavy (non-hydrogen) atoms. The van der Waals surface area contributed by atoms with Crippen molar-refractivity contribution in [2.45, 2.75) is 10.5 Å². The fourth-order valence-corrected chi connectivity index (χ4v) is 1.68. The first-order valence-corrected chi connectivity index (χ1v) is 5.05. The normalized spacial score (nSPS) is 11.5. The third-order valence-corrected chi connectivity index (χ3v) is 2.44. The minimum Gasteiger partial charge on any atom is -0.478 e. The van der Waals surface area contributed by atoms with E-state index in [0.717, 1.165) is 12.3 Å². The maximum atomic E-state index is 12.0.